The summed E-state index contributed by atoms with van der Waals surface area (Å²) in [6.07, 6.45) is 6.67. The third-order valence-corrected chi connectivity index (χ3v) is 2.07. The lowest BCUT2D eigenvalue weighted by Crippen LogP contribution is -2.04. The van der Waals surface area contributed by atoms with Gasteiger partial charge in [-0.2, -0.15) is 0 Å². The molecule has 11 heavy (non-hydrogen) atoms. The van der Waals surface area contributed by atoms with E-state index in [1.807, 2.05) is 5.94 Å². The van der Waals surface area contributed by atoms with Gasteiger partial charge in [-0.25, -0.2) is 4.79 Å². The zero-order valence-corrected chi connectivity index (χ0v) is 6.21. The van der Waals surface area contributed by atoms with Crippen LogP contribution in [-0.2, 0) is 4.79 Å². The predicted octanol–water partition coefficient (Wildman–Crippen LogP) is 1.51. The highest BCUT2D eigenvalue weighted by atomic mass is 16.1. The van der Waals surface area contributed by atoms with E-state index in [0.717, 1.165) is 12.0 Å². The van der Waals surface area contributed by atoms with Crippen LogP contribution in [0.1, 0.15) is 19.3 Å². The molecule has 1 fully saturated rings. The van der Waals surface area contributed by atoms with Crippen molar-refractivity contribution >= 4 is 11.7 Å². The molecule has 56 valence electrons. The molecule has 0 spiro atoms. The Labute approximate surface area is 65.3 Å². The number of allylic oxidation sites excluding steroid dienone is 2. The van der Waals surface area contributed by atoms with Crippen LogP contribution in [0.15, 0.2) is 22.8 Å². The molecule has 0 amide bonds. The van der Waals surface area contributed by atoms with Crippen molar-refractivity contribution in [2.24, 2.45) is 10.9 Å². The topological polar surface area (TPSA) is 29.4 Å². The van der Waals surface area contributed by atoms with Crippen molar-refractivity contribution in [1.82, 2.24) is 0 Å². The third-order valence-electron chi connectivity index (χ3n) is 2.07. The standard InChI is InChI=1S/C9H9NO/c11-6-7-3-4-10-9(5-7)8-1-2-8/h3-4,8H,1-2,5H2. The van der Waals surface area contributed by atoms with E-state index in [-0.39, 0.29) is 0 Å². The van der Waals surface area contributed by atoms with Crippen LogP contribution < -0.4 is 0 Å². The first-order valence-corrected chi connectivity index (χ1v) is 3.87. The van der Waals surface area contributed by atoms with Gasteiger partial charge in [-0.05, 0) is 24.8 Å². The highest BCUT2D eigenvalue weighted by Crippen LogP contribution is 2.33. The fraction of sp³-hybridized carbons (Fsp3) is 0.444. The molecular formula is C9H9NO. The highest BCUT2D eigenvalue weighted by Gasteiger charge is 2.28. The summed E-state index contributed by atoms with van der Waals surface area (Å²) < 4.78 is 0. The molecule has 2 aliphatic rings. The molecule has 2 heteroatoms. The Morgan fingerprint density at radius 2 is 2.36 bits per heavy atom. The van der Waals surface area contributed by atoms with Gasteiger partial charge in [-0.15, -0.1) is 0 Å². The first kappa shape index (κ1) is 6.56. The summed E-state index contributed by atoms with van der Waals surface area (Å²) in [7, 11) is 0. The first-order chi connectivity index (χ1) is 5.40. The lowest BCUT2D eigenvalue weighted by Gasteiger charge is -2.05. The molecule has 0 radical (unpaired) electrons. The molecule has 0 atom stereocenters. The Morgan fingerprint density at radius 3 is 3.00 bits per heavy atom. The van der Waals surface area contributed by atoms with Gasteiger partial charge in [0.2, 0.25) is 0 Å². The van der Waals surface area contributed by atoms with Crippen molar-refractivity contribution in [1.29, 1.82) is 0 Å². The summed E-state index contributed by atoms with van der Waals surface area (Å²) in [6.45, 7) is 0. The Bertz CT molecular complexity index is 278. The van der Waals surface area contributed by atoms with Crippen LogP contribution in [-0.4, -0.2) is 11.7 Å². The summed E-state index contributed by atoms with van der Waals surface area (Å²) in [5, 5.41) is 0. The Balaban J connectivity index is 2.18. The minimum Gasteiger partial charge on any atom is -0.265 e. The van der Waals surface area contributed by atoms with Gasteiger partial charge in [0.05, 0.1) is 0 Å². The fourth-order valence-corrected chi connectivity index (χ4v) is 1.26. The molecule has 1 aliphatic heterocycles. The minimum atomic E-state index is 0.670. The molecule has 0 N–H and O–H groups in total. The van der Waals surface area contributed by atoms with Crippen LogP contribution in [0, 0.1) is 5.92 Å². The van der Waals surface area contributed by atoms with E-state index in [1.165, 1.54) is 18.6 Å². The van der Waals surface area contributed by atoms with Gasteiger partial charge in [0.15, 0.2) is 0 Å². The molecular weight excluding hydrogens is 138 g/mol. The van der Waals surface area contributed by atoms with E-state index >= 15 is 0 Å². The maximum absolute atomic E-state index is 10.3. The van der Waals surface area contributed by atoms with Gasteiger partial charge in [0.25, 0.3) is 0 Å². The molecule has 0 aromatic rings. The molecule has 0 aromatic carbocycles. The van der Waals surface area contributed by atoms with E-state index in [4.69, 9.17) is 0 Å². The maximum atomic E-state index is 10.3. The van der Waals surface area contributed by atoms with E-state index < -0.39 is 0 Å². The van der Waals surface area contributed by atoms with Crippen LogP contribution in [0.3, 0.4) is 0 Å². The highest BCUT2D eigenvalue weighted by molar-refractivity contribution is 5.94. The summed E-state index contributed by atoms with van der Waals surface area (Å²) in [5.74, 6) is 2.59. The van der Waals surface area contributed by atoms with Gasteiger partial charge in [0, 0.05) is 23.9 Å². The average Bonchev–Trinajstić information content (AvgIpc) is 2.87. The second-order valence-electron chi connectivity index (χ2n) is 3.01. The van der Waals surface area contributed by atoms with Crippen LogP contribution >= 0.6 is 0 Å². The average molecular weight is 147 g/mol. The van der Waals surface area contributed by atoms with Gasteiger partial charge >= 0.3 is 0 Å². The number of rotatable bonds is 1. The second-order valence-corrected chi connectivity index (χ2v) is 3.01. The second kappa shape index (κ2) is 2.48. The lowest BCUT2D eigenvalue weighted by atomic mass is 10.1. The maximum Gasteiger partial charge on any atom is 0.128 e. The van der Waals surface area contributed by atoms with Gasteiger partial charge in [0.1, 0.15) is 5.94 Å². The van der Waals surface area contributed by atoms with Crippen molar-refractivity contribution < 1.29 is 4.79 Å². The normalized spacial score (nSPS) is 22.9. The first-order valence-electron chi connectivity index (χ1n) is 3.87. The molecule has 0 aromatic heterocycles. The monoisotopic (exact) mass is 147 g/mol. The molecule has 0 bridgehead atoms. The molecule has 1 heterocycles. The van der Waals surface area contributed by atoms with Crippen LogP contribution in [0.5, 0.6) is 0 Å². The summed E-state index contributed by atoms with van der Waals surface area (Å²) >= 11 is 0. The lowest BCUT2D eigenvalue weighted by molar-refractivity contribution is 0.567. The minimum absolute atomic E-state index is 0.670. The van der Waals surface area contributed by atoms with E-state index in [9.17, 15) is 4.79 Å². The van der Waals surface area contributed by atoms with Crippen molar-refractivity contribution in [3.63, 3.8) is 0 Å². The summed E-state index contributed by atoms with van der Waals surface area (Å²) in [5.41, 5.74) is 1.91. The van der Waals surface area contributed by atoms with Gasteiger partial charge < -0.3 is 0 Å². The quantitative estimate of drug-likeness (QED) is 0.517. The van der Waals surface area contributed by atoms with Crippen LogP contribution in [0.25, 0.3) is 0 Å². The SMILES string of the molecule is O=C=C1C=CN=C(C2CC2)C1. The number of carbonyl (C=O) groups excluding carboxylic acids is 1. The summed E-state index contributed by atoms with van der Waals surface area (Å²) in [6, 6.07) is 0. The Kier molecular flexibility index (Phi) is 1.48. The van der Waals surface area contributed by atoms with Crippen LogP contribution in [0.4, 0.5) is 0 Å². The third kappa shape index (κ3) is 1.31. The number of hydrogen-bond acceptors (Lipinski definition) is 2. The number of hydrogen-bond donors (Lipinski definition) is 0. The fourth-order valence-electron chi connectivity index (χ4n) is 1.26. The van der Waals surface area contributed by atoms with E-state index in [1.54, 1.807) is 12.3 Å². The van der Waals surface area contributed by atoms with Crippen molar-refractivity contribution in [3.05, 3.63) is 17.8 Å². The summed E-state index contributed by atoms with van der Waals surface area (Å²) in [4.78, 5) is 14.5. The van der Waals surface area contributed by atoms with Crippen LogP contribution in [0.2, 0.25) is 0 Å². The predicted molar refractivity (Wildman–Crippen MR) is 43.1 cm³/mol. The number of nitrogens with zero attached hydrogens (tertiary/aromatic N) is 1. The van der Waals surface area contributed by atoms with Gasteiger partial charge in [-0.1, -0.05) is 0 Å². The zero-order valence-electron chi connectivity index (χ0n) is 6.21. The molecule has 2 nitrogen and oxygen atoms in total. The largest absolute Gasteiger partial charge is 0.265 e. The smallest absolute Gasteiger partial charge is 0.128 e. The van der Waals surface area contributed by atoms with E-state index in [2.05, 4.69) is 4.99 Å². The molecule has 1 aliphatic carbocycles. The molecule has 1 saturated carbocycles. The molecule has 0 unspecified atom stereocenters. The van der Waals surface area contributed by atoms with E-state index in [0.29, 0.717) is 5.92 Å². The molecule has 2 rings (SSSR count). The van der Waals surface area contributed by atoms with Crippen molar-refractivity contribution in [3.8, 4) is 0 Å². The Hall–Kier alpha value is -1.14. The van der Waals surface area contributed by atoms with Gasteiger partial charge in [-0.3, -0.25) is 4.99 Å². The zero-order chi connectivity index (χ0) is 7.68. The van der Waals surface area contributed by atoms with Crippen molar-refractivity contribution in [2.45, 2.75) is 19.3 Å². The van der Waals surface area contributed by atoms with Crippen molar-refractivity contribution in [2.75, 3.05) is 0 Å². The Morgan fingerprint density at radius 1 is 1.55 bits per heavy atom. The molecule has 0 saturated heterocycles. The number of aliphatic imine (C=N–C) groups is 1.